The van der Waals surface area contributed by atoms with Gasteiger partial charge < -0.3 is 20.0 Å². The van der Waals surface area contributed by atoms with Crippen molar-refractivity contribution in [1.29, 1.82) is 0 Å². The topological polar surface area (TPSA) is 73.0 Å². The van der Waals surface area contributed by atoms with Gasteiger partial charge in [0.1, 0.15) is 12.6 Å². The van der Waals surface area contributed by atoms with Crippen molar-refractivity contribution in [2.45, 2.75) is 13.0 Å². The van der Waals surface area contributed by atoms with Crippen molar-refractivity contribution < 1.29 is 14.4 Å². The van der Waals surface area contributed by atoms with Gasteiger partial charge in [0.25, 0.3) is 0 Å². The largest absolute Gasteiger partial charge is 0.330 e. The number of nitrogens with zero attached hydrogens (tertiary/aromatic N) is 3. The van der Waals surface area contributed by atoms with E-state index in [-0.39, 0.29) is 24.4 Å². The maximum atomic E-state index is 12.4. The Bertz CT molecular complexity index is 643. The molecule has 0 unspecified atom stereocenters. The number of nitrogens with one attached hydrogen (secondary N) is 1. The highest BCUT2D eigenvalue weighted by atomic mass is 16.2. The molecule has 0 spiro atoms. The Hall–Kier alpha value is -2.57. The van der Waals surface area contributed by atoms with Crippen LogP contribution in [0.4, 0.5) is 10.5 Å². The summed E-state index contributed by atoms with van der Waals surface area (Å²) in [5.41, 5.74) is 1.98. The fourth-order valence-corrected chi connectivity index (χ4v) is 2.88. The fraction of sp³-hybridized carbons (Fsp3) is 0.438. The fourth-order valence-electron chi connectivity index (χ4n) is 2.88. The molecular formula is C16H20N4O3. The zero-order valence-electron chi connectivity index (χ0n) is 13.3. The summed E-state index contributed by atoms with van der Waals surface area (Å²) >= 11 is 0. The minimum atomic E-state index is -0.564. The van der Waals surface area contributed by atoms with Crippen LogP contribution in [0, 0.1) is 6.92 Å². The van der Waals surface area contributed by atoms with Crippen LogP contribution in [0.1, 0.15) is 5.56 Å². The van der Waals surface area contributed by atoms with E-state index >= 15 is 0 Å². The molecule has 0 bridgehead atoms. The first-order chi connectivity index (χ1) is 11.0. The second-order valence-corrected chi connectivity index (χ2v) is 6.02. The number of urea groups is 1. The molecule has 1 atom stereocenters. The molecule has 0 aromatic heterocycles. The first-order valence-corrected chi connectivity index (χ1v) is 7.63. The molecule has 2 saturated heterocycles. The minimum absolute atomic E-state index is 0.0444. The third-order valence-corrected chi connectivity index (χ3v) is 4.28. The summed E-state index contributed by atoms with van der Waals surface area (Å²) in [5, 5.41) is 2.64. The van der Waals surface area contributed by atoms with E-state index in [9.17, 15) is 14.4 Å². The van der Waals surface area contributed by atoms with Crippen molar-refractivity contribution in [2.24, 2.45) is 0 Å². The van der Waals surface area contributed by atoms with E-state index in [2.05, 4.69) is 5.32 Å². The van der Waals surface area contributed by atoms with Crippen LogP contribution in [-0.2, 0) is 9.59 Å². The number of amides is 4. The number of carbonyl (C=O) groups excluding carboxylic acids is 3. The quantitative estimate of drug-likeness (QED) is 0.847. The molecule has 122 valence electrons. The van der Waals surface area contributed by atoms with E-state index in [4.69, 9.17) is 0 Å². The average molecular weight is 316 g/mol. The molecule has 2 fully saturated rings. The second kappa shape index (κ2) is 5.91. The lowest BCUT2D eigenvalue weighted by Crippen LogP contribution is -2.56. The van der Waals surface area contributed by atoms with Gasteiger partial charge in [0, 0.05) is 25.8 Å². The van der Waals surface area contributed by atoms with E-state index in [0.717, 1.165) is 11.3 Å². The summed E-state index contributed by atoms with van der Waals surface area (Å²) in [5.74, 6) is -0.300. The SMILES string of the molecule is Cc1ccc(N2CCN(C(=O)[C@@H]3CN(C)C(=O)N3)CC2=O)cc1. The molecule has 2 heterocycles. The Kier molecular flexibility index (Phi) is 3.94. The van der Waals surface area contributed by atoms with Crippen molar-refractivity contribution in [3.63, 3.8) is 0 Å². The first-order valence-electron chi connectivity index (χ1n) is 7.63. The van der Waals surface area contributed by atoms with Crippen LogP contribution in [0.5, 0.6) is 0 Å². The summed E-state index contributed by atoms with van der Waals surface area (Å²) in [6, 6.07) is 6.93. The molecule has 7 nitrogen and oxygen atoms in total. The van der Waals surface area contributed by atoms with Gasteiger partial charge >= 0.3 is 6.03 Å². The molecular weight excluding hydrogens is 296 g/mol. The number of rotatable bonds is 2. The van der Waals surface area contributed by atoms with Crippen LogP contribution >= 0.6 is 0 Å². The van der Waals surface area contributed by atoms with Crippen molar-refractivity contribution >= 4 is 23.5 Å². The number of piperazine rings is 1. The van der Waals surface area contributed by atoms with Crippen LogP contribution in [0.25, 0.3) is 0 Å². The summed E-state index contributed by atoms with van der Waals surface area (Å²) in [4.78, 5) is 41.0. The molecule has 2 aliphatic heterocycles. The van der Waals surface area contributed by atoms with Gasteiger partial charge in [-0.05, 0) is 19.1 Å². The van der Waals surface area contributed by atoms with Crippen LogP contribution in [-0.4, -0.2) is 66.9 Å². The molecule has 7 heteroatoms. The second-order valence-electron chi connectivity index (χ2n) is 6.02. The number of likely N-dealkylation sites (N-methyl/N-ethyl adjacent to an activating group) is 1. The number of aryl methyl sites for hydroxylation is 1. The lowest BCUT2D eigenvalue weighted by atomic mass is 10.1. The normalized spacial score (nSPS) is 21.7. The summed E-state index contributed by atoms with van der Waals surface area (Å²) < 4.78 is 0. The highest BCUT2D eigenvalue weighted by molar-refractivity contribution is 5.99. The van der Waals surface area contributed by atoms with Crippen LogP contribution in [0.15, 0.2) is 24.3 Å². The summed E-state index contributed by atoms with van der Waals surface area (Å²) in [6.45, 7) is 3.31. The van der Waals surface area contributed by atoms with Crippen LogP contribution < -0.4 is 10.2 Å². The van der Waals surface area contributed by atoms with E-state index in [1.54, 1.807) is 11.9 Å². The van der Waals surface area contributed by atoms with Gasteiger partial charge in [0.2, 0.25) is 11.8 Å². The zero-order chi connectivity index (χ0) is 16.6. The van der Waals surface area contributed by atoms with Crippen LogP contribution in [0.3, 0.4) is 0 Å². The molecule has 4 amide bonds. The Labute approximate surface area is 134 Å². The Balaban J connectivity index is 1.64. The van der Waals surface area contributed by atoms with Crippen molar-refractivity contribution in [1.82, 2.24) is 15.1 Å². The lowest BCUT2D eigenvalue weighted by molar-refractivity contribution is -0.138. The van der Waals surface area contributed by atoms with Gasteiger partial charge in [0.15, 0.2) is 0 Å². The Morgan fingerprint density at radius 3 is 2.43 bits per heavy atom. The molecule has 2 aliphatic rings. The third kappa shape index (κ3) is 2.99. The number of hydrogen-bond donors (Lipinski definition) is 1. The number of benzene rings is 1. The number of carbonyl (C=O) groups is 3. The maximum Gasteiger partial charge on any atom is 0.317 e. The molecule has 0 saturated carbocycles. The smallest absolute Gasteiger partial charge is 0.317 e. The predicted octanol–water partition coefficient (Wildman–Crippen LogP) is 0.194. The van der Waals surface area contributed by atoms with E-state index in [0.29, 0.717) is 19.6 Å². The van der Waals surface area contributed by atoms with Crippen molar-refractivity contribution in [3.8, 4) is 0 Å². The molecule has 1 aromatic rings. The van der Waals surface area contributed by atoms with Crippen molar-refractivity contribution in [2.75, 3.05) is 38.1 Å². The van der Waals surface area contributed by atoms with Gasteiger partial charge in [0.05, 0.1) is 6.54 Å². The van der Waals surface area contributed by atoms with Gasteiger partial charge in [-0.15, -0.1) is 0 Å². The zero-order valence-corrected chi connectivity index (χ0v) is 13.3. The predicted molar refractivity (Wildman–Crippen MR) is 85.1 cm³/mol. The maximum absolute atomic E-state index is 12.4. The molecule has 3 rings (SSSR count). The summed E-state index contributed by atoms with van der Waals surface area (Å²) in [7, 11) is 1.64. The van der Waals surface area contributed by atoms with Gasteiger partial charge in [-0.1, -0.05) is 17.7 Å². The van der Waals surface area contributed by atoms with E-state index < -0.39 is 6.04 Å². The molecule has 1 aromatic carbocycles. The van der Waals surface area contributed by atoms with E-state index in [1.807, 2.05) is 31.2 Å². The lowest BCUT2D eigenvalue weighted by Gasteiger charge is -2.35. The Morgan fingerprint density at radius 1 is 1.17 bits per heavy atom. The highest BCUT2D eigenvalue weighted by Crippen LogP contribution is 2.18. The molecule has 0 radical (unpaired) electrons. The number of hydrogen-bond acceptors (Lipinski definition) is 3. The van der Waals surface area contributed by atoms with E-state index in [1.165, 1.54) is 9.80 Å². The molecule has 1 N–H and O–H groups in total. The highest BCUT2D eigenvalue weighted by Gasteiger charge is 2.36. The van der Waals surface area contributed by atoms with Crippen LogP contribution in [0.2, 0.25) is 0 Å². The van der Waals surface area contributed by atoms with Gasteiger partial charge in [-0.25, -0.2) is 4.79 Å². The minimum Gasteiger partial charge on any atom is -0.330 e. The van der Waals surface area contributed by atoms with Gasteiger partial charge in [-0.3, -0.25) is 9.59 Å². The monoisotopic (exact) mass is 316 g/mol. The standard InChI is InChI=1S/C16H20N4O3/c1-11-3-5-12(6-4-11)20-8-7-19(10-14(20)21)15(22)13-9-18(2)16(23)17-13/h3-6,13H,7-10H2,1-2H3,(H,17,23)/t13-/m0/s1. The average Bonchev–Trinajstić information content (AvgIpc) is 2.87. The Morgan fingerprint density at radius 2 is 1.87 bits per heavy atom. The number of anilines is 1. The third-order valence-electron chi connectivity index (χ3n) is 4.28. The van der Waals surface area contributed by atoms with Gasteiger partial charge in [-0.2, -0.15) is 0 Å². The first kappa shape index (κ1) is 15.3. The summed E-state index contributed by atoms with van der Waals surface area (Å²) in [6.07, 6.45) is 0. The molecule has 23 heavy (non-hydrogen) atoms. The molecule has 0 aliphatic carbocycles. The van der Waals surface area contributed by atoms with Crippen molar-refractivity contribution in [3.05, 3.63) is 29.8 Å².